The zero-order valence-corrected chi connectivity index (χ0v) is 7.16. The van der Waals surface area contributed by atoms with Gasteiger partial charge < -0.3 is 9.53 Å². The average Bonchev–Trinajstić information content (AvgIpc) is 2.51. The summed E-state index contributed by atoms with van der Waals surface area (Å²) in [5.41, 5.74) is 0. The Morgan fingerprint density at radius 2 is 2.50 bits per heavy atom. The van der Waals surface area contributed by atoms with Crippen molar-refractivity contribution >= 4 is 12.4 Å². The Morgan fingerprint density at radius 3 is 3.08 bits per heavy atom. The Labute approximate surface area is 71.5 Å². The SMILES string of the molecule is CCOC(=O)N1CCCC1C=O. The van der Waals surface area contributed by atoms with E-state index in [9.17, 15) is 9.59 Å². The molecule has 0 bridgehead atoms. The number of aldehydes is 1. The Hall–Kier alpha value is -1.06. The summed E-state index contributed by atoms with van der Waals surface area (Å²) in [4.78, 5) is 23.1. The molecule has 1 fully saturated rings. The minimum absolute atomic E-state index is 0.260. The molecule has 1 unspecified atom stereocenters. The van der Waals surface area contributed by atoms with Crippen LogP contribution in [0.4, 0.5) is 4.79 Å². The van der Waals surface area contributed by atoms with E-state index in [0.29, 0.717) is 13.2 Å². The molecule has 12 heavy (non-hydrogen) atoms. The maximum absolute atomic E-state index is 11.2. The van der Waals surface area contributed by atoms with Crippen LogP contribution in [0.2, 0.25) is 0 Å². The molecule has 1 aliphatic rings. The number of hydrogen-bond donors (Lipinski definition) is 0. The predicted octanol–water partition coefficient (Wildman–Crippen LogP) is 0.806. The van der Waals surface area contributed by atoms with Gasteiger partial charge in [0.05, 0.1) is 12.6 Å². The zero-order valence-electron chi connectivity index (χ0n) is 7.16. The maximum Gasteiger partial charge on any atom is 0.410 e. The summed E-state index contributed by atoms with van der Waals surface area (Å²) in [6.45, 7) is 2.76. The monoisotopic (exact) mass is 171 g/mol. The fourth-order valence-electron chi connectivity index (χ4n) is 1.37. The van der Waals surface area contributed by atoms with Crippen LogP contribution < -0.4 is 0 Å². The normalized spacial score (nSPS) is 22.4. The fraction of sp³-hybridized carbons (Fsp3) is 0.750. The second-order valence-electron chi connectivity index (χ2n) is 2.74. The first-order valence-electron chi connectivity index (χ1n) is 4.18. The summed E-state index contributed by atoms with van der Waals surface area (Å²) >= 11 is 0. The van der Waals surface area contributed by atoms with Crippen molar-refractivity contribution in [2.45, 2.75) is 25.8 Å². The summed E-state index contributed by atoms with van der Waals surface area (Å²) in [7, 11) is 0. The lowest BCUT2D eigenvalue weighted by Gasteiger charge is -2.18. The van der Waals surface area contributed by atoms with Gasteiger partial charge in [0.2, 0.25) is 0 Å². The van der Waals surface area contributed by atoms with E-state index >= 15 is 0 Å². The second-order valence-corrected chi connectivity index (χ2v) is 2.74. The summed E-state index contributed by atoms with van der Waals surface area (Å²) in [6, 6.07) is -0.260. The molecule has 0 aromatic rings. The van der Waals surface area contributed by atoms with E-state index in [-0.39, 0.29) is 12.1 Å². The first-order chi connectivity index (χ1) is 5.79. The first-order valence-corrected chi connectivity index (χ1v) is 4.18. The van der Waals surface area contributed by atoms with Gasteiger partial charge in [0, 0.05) is 6.54 Å². The lowest BCUT2D eigenvalue weighted by molar-refractivity contribution is -0.111. The Morgan fingerprint density at radius 1 is 1.75 bits per heavy atom. The highest BCUT2D eigenvalue weighted by Crippen LogP contribution is 2.15. The molecule has 0 saturated carbocycles. The van der Waals surface area contributed by atoms with Crippen LogP contribution in [0.5, 0.6) is 0 Å². The molecule has 0 N–H and O–H groups in total. The summed E-state index contributed by atoms with van der Waals surface area (Å²) in [5.74, 6) is 0. The quantitative estimate of drug-likeness (QED) is 0.577. The number of nitrogens with zero attached hydrogens (tertiary/aromatic N) is 1. The van der Waals surface area contributed by atoms with Crippen LogP contribution in [0, 0.1) is 0 Å². The van der Waals surface area contributed by atoms with Crippen molar-refractivity contribution in [2.75, 3.05) is 13.2 Å². The lowest BCUT2D eigenvalue weighted by Crippen LogP contribution is -2.36. The highest BCUT2D eigenvalue weighted by atomic mass is 16.6. The van der Waals surface area contributed by atoms with Gasteiger partial charge in [-0.1, -0.05) is 0 Å². The van der Waals surface area contributed by atoms with Gasteiger partial charge in [-0.2, -0.15) is 0 Å². The van der Waals surface area contributed by atoms with Crippen LogP contribution in [0.15, 0.2) is 0 Å². The number of hydrogen-bond acceptors (Lipinski definition) is 3. The molecule has 0 aromatic carbocycles. The average molecular weight is 171 g/mol. The van der Waals surface area contributed by atoms with E-state index in [1.54, 1.807) is 6.92 Å². The minimum atomic E-state index is -0.368. The predicted molar refractivity (Wildman–Crippen MR) is 42.8 cm³/mol. The Balaban J connectivity index is 2.49. The van der Waals surface area contributed by atoms with E-state index in [1.807, 2.05) is 0 Å². The van der Waals surface area contributed by atoms with Crippen molar-refractivity contribution in [3.63, 3.8) is 0 Å². The molecule has 1 aliphatic heterocycles. The standard InChI is InChI=1S/C8H13NO3/c1-2-12-8(11)9-5-3-4-7(9)6-10/h6-7H,2-5H2,1H3. The molecule has 4 heteroatoms. The zero-order chi connectivity index (χ0) is 8.97. The summed E-state index contributed by atoms with van der Waals surface area (Å²) < 4.78 is 4.79. The van der Waals surface area contributed by atoms with Gasteiger partial charge in [-0.3, -0.25) is 4.90 Å². The maximum atomic E-state index is 11.2. The smallest absolute Gasteiger partial charge is 0.410 e. The summed E-state index contributed by atoms with van der Waals surface area (Å²) in [6.07, 6.45) is 2.10. The number of rotatable bonds is 2. The highest BCUT2D eigenvalue weighted by Gasteiger charge is 2.28. The third kappa shape index (κ3) is 1.75. The van der Waals surface area contributed by atoms with E-state index < -0.39 is 0 Å². The largest absolute Gasteiger partial charge is 0.450 e. The number of carbonyl (C=O) groups excluding carboxylic acids is 2. The molecule has 68 valence electrons. The third-order valence-corrected chi connectivity index (χ3v) is 1.96. The Bertz CT molecular complexity index is 181. The van der Waals surface area contributed by atoms with Gasteiger partial charge in [0.15, 0.2) is 0 Å². The lowest BCUT2D eigenvalue weighted by atomic mass is 10.2. The highest BCUT2D eigenvalue weighted by molar-refractivity contribution is 5.74. The fourth-order valence-corrected chi connectivity index (χ4v) is 1.37. The molecule has 1 amide bonds. The van der Waals surface area contributed by atoms with Crippen LogP contribution in [0.25, 0.3) is 0 Å². The second kappa shape index (κ2) is 4.09. The van der Waals surface area contributed by atoms with Crippen LogP contribution in [0.1, 0.15) is 19.8 Å². The van der Waals surface area contributed by atoms with Gasteiger partial charge in [0.25, 0.3) is 0 Å². The van der Waals surface area contributed by atoms with Gasteiger partial charge in [-0.15, -0.1) is 0 Å². The number of carbonyl (C=O) groups is 2. The van der Waals surface area contributed by atoms with Crippen molar-refractivity contribution < 1.29 is 14.3 Å². The number of likely N-dealkylation sites (tertiary alicyclic amines) is 1. The molecule has 0 aromatic heterocycles. The Kier molecular flexibility index (Phi) is 3.08. The summed E-state index contributed by atoms with van der Waals surface area (Å²) in [5, 5.41) is 0. The molecular weight excluding hydrogens is 158 g/mol. The van der Waals surface area contributed by atoms with Crippen molar-refractivity contribution in [3.05, 3.63) is 0 Å². The molecule has 0 aliphatic carbocycles. The molecule has 1 saturated heterocycles. The van der Waals surface area contributed by atoms with Crippen LogP contribution in [-0.4, -0.2) is 36.5 Å². The van der Waals surface area contributed by atoms with Crippen molar-refractivity contribution in [1.82, 2.24) is 4.90 Å². The van der Waals surface area contributed by atoms with Gasteiger partial charge in [0.1, 0.15) is 6.29 Å². The van der Waals surface area contributed by atoms with E-state index in [1.165, 1.54) is 4.90 Å². The van der Waals surface area contributed by atoms with E-state index in [4.69, 9.17) is 4.74 Å². The van der Waals surface area contributed by atoms with Crippen LogP contribution in [-0.2, 0) is 9.53 Å². The minimum Gasteiger partial charge on any atom is -0.450 e. The third-order valence-electron chi connectivity index (χ3n) is 1.96. The van der Waals surface area contributed by atoms with Crippen LogP contribution >= 0.6 is 0 Å². The van der Waals surface area contributed by atoms with Crippen molar-refractivity contribution in [1.29, 1.82) is 0 Å². The van der Waals surface area contributed by atoms with Gasteiger partial charge >= 0.3 is 6.09 Å². The molecule has 1 rings (SSSR count). The topological polar surface area (TPSA) is 46.6 Å². The van der Waals surface area contributed by atoms with E-state index in [0.717, 1.165) is 19.1 Å². The molecular formula is C8H13NO3. The molecule has 0 spiro atoms. The van der Waals surface area contributed by atoms with E-state index in [2.05, 4.69) is 0 Å². The molecule has 4 nitrogen and oxygen atoms in total. The number of ether oxygens (including phenoxy) is 1. The van der Waals surface area contributed by atoms with Crippen molar-refractivity contribution in [2.24, 2.45) is 0 Å². The number of amides is 1. The van der Waals surface area contributed by atoms with Gasteiger partial charge in [-0.25, -0.2) is 4.79 Å². The molecule has 0 radical (unpaired) electrons. The van der Waals surface area contributed by atoms with Crippen LogP contribution in [0.3, 0.4) is 0 Å². The van der Waals surface area contributed by atoms with Gasteiger partial charge in [-0.05, 0) is 19.8 Å². The molecule has 1 atom stereocenters. The molecule has 1 heterocycles. The van der Waals surface area contributed by atoms with Crippen molar-refractivity contribution in [3.8, 4) is 0 Å². The first kappa shape index (κ1) is 9.03.